The highest BCUT2D eigenvalue weighted by Crippen LogP contribution is 2.28. The molecule has 5 rings (SSSR count). The van der Waals surface area contributed by atoms with E-state index in [2.05, 4.69) is 31.9 Å². The average molecular weight is 495 g/mol. The quantitative estimate of drug-likeness (QED) is 0.520. The minimum atomic E-state index is -0.184. The lowest BCUT2D eigenvalue weighted by molar-refractivity contribution is 0.131. The van der Waals surface area contributed by atoms with Gasteiger partial charge in [-0.25, -0.2) is 9.97 Å². The van der Waals surface area contributed by atoms with Gasteiger partial charge in [0.15, 0.2) is 11.6 Å². The monoisotopic (exact) mass is 494 g/mol. The van der Waals surface area contributed by atoms with Crippen LogP contribution in [0.25, 0.3) is 0 Å². The molecule has 0 saturated carbocycles. The van der Waals surface area contributed by atoms with E-state index in [0.29, 0.717) is 36.7 Å². The highest BCUT2D eigenvalue weighted by Gasteiger charge is 2.33. The van der Waals surface area contributed by atoms with Crippen LogP contribution in [0.5, 0.6) is 5.75 Å². The number of piperidine rings is 1. The van der Waals surface area contributed by atoms with Crippen molar-refractivity contribution in [1.82, 2.24) is 24.7 Å². The largest absolute Gasteiger partial charge is 0.487 e. The second kappa shape index (κ2) is 10.3. The van der Waals surface area contributed by atoms with Gasteiger partial charge in [0.1, 0.15) is 0 Å². The van der Waals surface area contributed by atoms with Gasteiger partial charge in [-0.05, 0) is 44.2 Å². The van der Waals surface area contributed by atoms with Gasteiger partial charge in [0.2, 0.25) is 5.95 Å². The highest BCUT2D eigenvalue weighted by atomic mass is 16.5. The maximum Gasteiger partial charge on any atom is 0.324 e. The van der Waals surface area contributed by atoms with Crippen LogP contribution in [0.15, 0.2) is 40.0 Å². The molecule has 3 unspecified atom stereocenters. The number of anilines is 2. The Balaban J connectivity index is 1.15. The molecule has 3 aromatic rings. The summed E-state index contributed by atoms with van der Waals surface area (Å²) >= 11 is 0. The van der Waals surface area contributed by atoms with Crippen molar-refractivity contribution in [2.75, 3.05) is 36.0 Å². The van der Waals surface area contributed by atoms with E-state index in [4.69, 9.17) is 15.0 Å². The lowest BCUT2D eigenvalue weighted by atomic mass is 9.92. The molecule has 0 amide bonds. The van der Waals surface area contributed by atoms with Gasteiger partial charge in [0, 0.05) is 50.9 Å². The molecule has 0 aromatic carbocycles. The lowest BCUT2D eigenvalue weighted by Crippen LogP contribution is -2.38. The van der Waals surface area contributed by atoms with Crippen molar-refractivity contribution < 1.29 is 9.26 Å². The Bertz CT molecular complexity index is 1220. The molecule has 2 N–H and O–H groups in total. The number of pyridine rings is 1. The van der Waals surface area contributed by atoms with E-state index in [0.717, 1.165) is 43.7 Å². The van der Waals surface area contributed by atoms with Gasteiger partial charge >= 0.3 is 6.01 Å². The number of ether oxygens (including phenoxy) is 1. The van der Waals surface area contributed by atoms with Gasteiger partial charge < -0.3 is 29.4 Å². The Morgan fingerprint density at radius 2 is 1.94 bits per heavy atom. The summed E-state index contributed by atoms with van der Waals surface area (Å²) < 4.78 is 13.3. The molecule has 11 nitrogen and oxygen atoms in total. The number of nitrogens with two attached hydrogens (primary N) is 1. The molecule has 3 aromatic heterocycles. The third-order valence-electron chi connectivity index (χ3n) is 7.26. The fourth-order valence-corrected chi connectivity index (χ4v) is 5.05. The molecule has 2 aliphatic heterocycles. The summed E-state index contributed by atoms with van der Waals surface area (Å²) in [6.45, 7) is 8.91. The number of nitrogens with zero attached hydrogens (tertiary/aromatic N) is 7. The van der Waals surface area contributed by atoms with E-state index >= 15 is 0 Å². The Labute approximate surface area is 210 Å². The van der Waals surface area contributed by atoms with E-state index in [1.54, 1.807) is 23.0 Å². The first-order chi connectivity index (χ1) is 17.4. The molecule has 3 atom stereocenters. The van der Waals surface area contributed by atoms with Crippen molar-refractivity contribution in [2.45, 2.75) is 58.2 Å². The zero-order chi connectivity index (χ0) is 25.2. The maximum atomic E-state index is 12.4. The number of aryl methyl sites for hydroxylation is 2. The Kier molecular flexibility index (Phi) is 6.90. The summed E-state index contributed by atoms with van der Waals surface area (Å²) in [5, 5.41) is 3.99. The standard InChI is InChI=1S/C25H34N8O3/c1-4-22-29-25(36-30-22)31-8-6-18(7-9-31)17(3)35-19-12-27-24(28-13-19)32-14-20(26)21(15-32)33-10-5-16(2)11-23(33)34/h5,10-13,17-18,20-21H,4,6-9,14-15,26H2,1-3H3. The molecule has 36 heavy (non-hydrogen) atoms. The molecule has 2 aliphatic rings. The second-order valence-electron chi connectivity index (χ2n) is 9.80. The third-order valence-corrected chi connectivity index (χ3v) is 7.26. The molecule has 11 heteroatoms. The van der Waals surface area contributed by atoms with Crippen molar-refractivity contribution in [2.24, 2.45) is 11.7 Å². The van der Waals surface area contributed by atoms with Gasteiger partial charge in [0.05, 0.1) is 24.5 Å². The van der Waals surface area contributed by atoms with Crippen LogP contribution >= 0.6 is 0 Å². The summed E-state index contributed by atoms with van der Waals surface area (Å²) in [7, 11) is 0. The second-order valence-corrected chi connectivity index (χ2v) is 9.80. The summed E-state index contributed by atoms with van der Waals surface area (Å²) in [6.07, 6.45) is 8.02. The molecular formula is C25H34N8O3. The average Bonchev–Trinajstić information content (AvgIpc) is 3.52. The predicted octanol–water partition coefficient (Wildman–Crippen LogP) is 1.96. The zero-order valence-corrected chi connectivity index (χ0v) is 21.1. The minimum Gasteiger partial charge on any atom is -0.487 e. The highest BCUT2D eigenvalue weighted by molar-refractivity contribution is 5.35. The van der Waals surface area contributed by atoms with Crippen molar-refractivity contribution >= 4 is 12.0 Å². The minimum absolute atomic E-state index is 0.0356. The van der Waals surface area contributed by atoms with E-state index in [9.17, 15) is 4.79 Å². The molecule has 5 heterocycles. The number of hydrogen-bond donors (Lipinski definition) is 1. The van der Waals surface area contributed by atoms with Crippen LogP contribution < -0.4 is 25.8 Å². The van der Waals surface area contributed by atoms with E-state index < -0.39 is 0 Å². The van der Waals surface area contributed by atoms with Crippen LogP contribution in [0.4, 0.5) is 12.0 Å². The fraction of sp³-hybridized carbons (Fsp3) is 0.560. The van der Waals surface area contributed by atoms with Crippen molar-refractivity contribution in [3.05, 3.63) is 52.5 Å². The third kappa shape index (κ3) is 5.06. The van der Waals surface area contributed by atoms with Gasteiger partial charge in [0.25, 0.3) is 5.56 Å². The summed E-state index contributed by atoms with van der Waals surface area (Å²) in [6, 6.07) is 3.87. The molecule has 2 saturated heterocycles. The molecule has 0 radical (unpaired) electrons. The van der Waals surface area contributed by atoms with Gasteiger partial charge in [-0.3, -0.25) is 4.79 Å². The molecular weight excluding hydrogens is 460 g/mol. The Morgan fingerprint density at radius 1 is 1.19 bits per heavy atom. The van der Waals surface area contributed by atoms with Crippen LogP contribution in [-0.4, -0.2) is 63.0 Å². The van der Waals surface area contributed by atoms with Crippen molar-refractivity contribution in [3.63, 3.8) is 0 Å². The molecule has 192 valence electrons. The zero-order valence-electron chi connectivity index (χ0n) is 21.1. The molecule has 0 spiro atoms. The summed E-state index contributed by atoms with van der Waals surface area (Å²) in [4.78, 5) is 30.1. The SMILES string of the molecule is CCc1noc(N2CCC(C(C)Oc3cnc(N4CC(N)C(n5ccc(C)cc5=O)C4)nc3)CC2)n1. The summed E-state index contributed by atoms with van der Waals surface area (Å²) in [5.41, 5.74) is 7.28. The normalized spacial score (nSPS) is 21.7. The van der Waals surface area contributed by atoms with E-state index in [1.807, 2.05) is 31.0 Å². The fourth-order valence-electron chi connectivity index (χ4n) is 5.05. The van der Waals surface area contributed by atoms with Crippen LogP contribution in [0.3, 0.4) is 0 Å². The van der Waals surface area contributed by atoms with E-state index in [1.165, 1.54) is 0 Å². The van der Waals surface area contributed by atoms with Gasteiger partial charge in [-0.2, -0.15) is 4.98 Å². The van der Waals surface area contributed by atoms with Crippen molar-refractivity contribution in [1.29, 1.82) is 0 Å². The van der Waals surface area contributed by atoms with Crippen LogP contribution in [-0.2, 0) is 6.42 Å². The van der Waals surface area contributed by atoms with Crippen molar-refractivity contribution in [3.8, 4) is 5.75 Å². The number of hydrogen-bond acceptors (Lipinski definition) is 10. The van der Waals surface area contributed by atoms with Crippen LogP contribution in [0.2, 0.25) is 0 Å². The number of rotatable bonds is 7. The smallest absolute Gasteiger partial charge is 0.324 e. The molecule has 2 fully saturated rings. The topological polar surface area (TPSA) is 128 Å². The Hall–Kier alpha value is -3.47. The Morgan fingerprint density at radius 3 is 2.61 bits per heavy atom. The first-order valence-electron chi connectivity index (χ1n) is 12.7. The summed E-state index contributed by atoms with van der Waals surface area (Å²) in [5.74, 6) is 2.39. The van der Waals surface area contributed by atoms with Gasteiger partial charge in [-0.15, -0.1) is 0 Å². The number of aromatic nitrogens is 5. The maximum absolute atomic E-state index is 12.4. The van der Waals surface area contributed by atoms with E-state index in [-0.39, 0.29) is 23.7 Å². The lowest BCUT2D eigenvalue weighted by Gasteiger charge is -2.33. The molecule has 0 aliphatic carbocycles. The van der Waals surface area contributed by atoms with Crippen LogP contribution in [0.1, 0.15) is 44.1 Å². The first-order valence-corrected chi connectivity index (χ1v) is 12.7. The van der Waals surface area contributed by atoms with Crippen LogP contribution in [0, 0.1) is 12.8 Å². The first kappa shape index (κ1) is 24.2. The van der Waals surface area contributed by atoms with Gasteiger partial charge in [-0.1, -0.05) is 12.1 Å². The molecule has 0 bridgehead atoms. The predicted molar refractivity (Wildman–Crippen MR) is 135 cm³/mol.